The predicted molar refractivity (Wildman–Crippen MR) is 109 cm³/mol. The number of hydrogen-bond donors (Lipinski definition) is 1. The summed E-state index contributed by atoms with van der Waals surface area (Å²) in [5.41, 5.74) is 3.00. The van der Waals surface area contributed by atoms with Gasteiger partial charge >= 0.3 is 0 Å². The smallest absolute Gasteiger partial charge is 0.244 e. The molecule has 1 amide bonds. The first-order chi connectivity index (χ1) is 14.2. The lowest BCUT2D eigenvalue weighted by Gasteiger charge is -2.34. The third-order valence-electron chi connectivity index (χ3n) is 5.33. The summed E-state index contributed by atoms with van der Waals surface area (Å²) in [5.74, 6) is 0.485. The van der Waals surface area contributed by atoms with Crippen LogP contribution in [0.4, 0.5) is 4.39 Å². The lowest BCUT2D eigenvalue weighted by molar-refractivity contribution is -0.116. The number of nitrogens with one attached hydrogen (secondary N) is 1. The van der Waals surface area contributed by atoms with Gasteiger partial charge in [0.25, 0.3) is 0 Å². The number of amides is 1. The predicted octanol–water partition coefficient (Wildman–Crippen LogP) is 2.96. The van der Waals surface area contributed by atoms with E-state index < -0.39 is 0 Å². The molecule has 2 aromatic carbocycles. The second-order valence-corrected chi connectivity index (χ2v) is 7.26. The van der Waals surface area contributed by atoms with E-state index in [4.69, 9.17) is 9.47 Å². The maximum Gasteiger partial charge on any atom is 0.244 e. The zero-order chi connectivity index (χ0) is 20.1. The number of nitrogens with zero attached hydrogens (tertiary/aromatic N) is 1. The van der Waals surface area contributed by atoms with Gasteiger partial charge in [0.2, 0.25) is 5.91 Å². The van der Waals surface area contributed by atoms with Crippen molar-refractivity contribution in [3.63, 3.8) is 0 Å². The SMILES string of the molecule is O=C(/C=C/c1ccc2c(c1)CCO2)NCC(c1cccc(F)c1)N1CCOCC1. The van der Waals surface area contributed by atoms with Crippen LogP contribution in [0.1, 0.15) is 22.7 Å². The Hall–Kier alpha value is -2.70. The fourth-order valence-corrected chi connectivity index (χ4v) is 3.80. The average molecular weight is 396 g/mol. The number of hydrogen-bond acceptors (Lipinski definition) is 4. The molecule has 2 heterocycles. The monoisotopic (exact) mass is 396 g/mol. The fourth-order valence-electron chi connectivity index (χ4n) is 3.80. The highest BCUT2D eigenvalue weighted by Crippen LogP contribution is 2.26. The third-order valence-corrected chi connectivity index (χ3v) is 5.33. The Kier molecular flexibility index (Phi) is 6.22. The molecule has 152 valence electrons. The van der Waals surface area contributed by atoms with Crippen LogP contribution in [-0.4, -0.2) is 50.3 Å². The van der Waals surface area contributed by atoms with Gasteiger partial charge in [0.1, 0.15) is 11.6 Å². The van der Waals surface area contributed by atoms with Crippen molar-refractivity contribution in [3.05, 3.63) is 71.0 Å². The van der Waals surface area contributed by atoms with Gasteiger partial charge < -0.3 is 14.8 Å². The maximum absolute atomic E-state index is 13.7. The Labute approximate surface area is 170 Å². The first-order valence-corrected chi connectivity index (χ1v) is 9.98. The standard InChI is InChI=1S/C23H25FN2O3/c24-20-3-1-2-18(15-20)21(26-9-12-28-13-10-26)16-25-23(27)7-5-17-4-6-22-19(14-17)8-11-29-22/h1-7,14-15,21H,8-13,16H2,(H,25,27)/b7-5+. The first kappa shape index (κ1) is 19.6. The van der Waals surface area contributed by atoms with Gasteiger partial charge in [-0.1, -0.05) is 18.2 Å². The van der Waals surface area contributed by atoms with Gasteiger partial charge in [-0.05, 0) is 47.0 Å². The normalized spacial score (nSPS) is 17.7. The van der Waals surface area contributed by atoms with Crippen molar-refractivity contribution in [1.29, 1.82) is 0 Å². The number of fused-ring (bicyclic) bond motifs is 1. The Morgan fingerprint density at radius 2 is 2.03 bits per heavy atom. The number of carbonyl (C=O) groups is 1. The molecule has 1 fully saturated rings. The number of ether oxygens (including phenoxy) is 2. The molecule has 0 spiro atoms. The van der Waals surface area contributed by atoms with Gasteiger partial charge in [-0.25, -0.2) is 4.39 Å². The summed E-state index contributed by atoms with van der Waals surface area (Å²) in [6.45, 7) is 3.91. The number of morpholine rings is 1. The molecular weight excluding hydrogens is 371 g/mol. The Morgan fingerprint density at radius 1 is 1.17 bits per heavy atom. The number of carbonyl (C=O) groups excluding carboxylic acids is 1. The highest BCUT2D eigenvalue weighted by Gasteiger charge is 2.23. The third kappa shape index (κ3) is 5.02. The lowest BCUT2D eigenvalue weighted by atomic mass is 10.0. The summed E-state index contributed by atoms with van der Waals surface area (Å²) in [4.78, 5) is 14.6. The van der Waals surface area contributed by atoms with Gasteiger partial charge in [0.15, 0.2) is 0 Å². The zero-order valence-electron chi connectivity index (χ0n) is 16.3. The first-order valence-electron chi connectivity index (χ1n) is 9.98. The van der Waals surface area contributed by atoms with E-state index >= 15 is 0 Å². The van der Waals surface area contributed by atoms with E-state index in [1.807, 2.05) is 18.2 Å². The van der Waals surface area contributed by atoms with E-state index in [1.54, 1.807) is 18.2 Å². The summed E-state index contributed by atoms with van der Waals surface area (Å²) in [7, 11) is 0. The highest BCUT2D eigenvalue weighted by atomic mass is 19.1. The van der Waals surface area contributed by atoms with Crippen LogP contribution in [0, 0.1) is 5.82 Å². The molecule has 2 aromatic rings. The molecule has 1 saturated heterocycles. The number of benzene rings is 2. The van der Waals surface area contributed by atoms with Gasteiger partial charge in [0.05, 0.1) is 25.9 Å². The Bertz CT molecular complexity index is 893. The molecule has 4 rings (SSSR count). The summed E-state index contributed by atoms with van der Waals surface area (Å²) in [6, 6.07) is 12.4. The van der Waals surface area contributed by atoms with Crippen LogP contribution in [-0.2, 0) is 16.0 Å². The maximum atomic E-state index is 13.7. The molecule has 2 aliphatic heterocycles. The molecule has 6 heteroatoms. The molecule has 2 aliphatic rings. The molecule has 0 aromatic heterocycles. The van der Waals surface area contributed by atoms with Crippen molar-refractivity contribution in [3.8, 4) is 5.75 Å². The van der Waals surface area contributed by atoms with Gasteiger partial charge in [-0.3, -0.25) is 9.69 Å². The Morgan fingerprint density at radius 3 is 2.86 bits per heavy atom. The Balaban J connectivity index is 1.40. The van der Waals surface area contributed by atoms with Crippen LogP contribution < -0.4 is 10.1 Å². The van der Waals surface area contributed by atoms with Gasteiger partial charge in [-0.2, -0.15) is 0 Å². The second-order valence-electron chi connectivity index (χ2n) is 7.26. The summed E-state index contributed by atoms with van der Waals surface area (Å²) >= 11 is 0. The number of halogens is 1. The minimum absolute atomic E-state index is 0.0934. The van der Waals surface area contributed by atoms with Crippen LogP contribution >= 0.6 is 0 Å². The quantitative estimate of drug-likeness (QED) is 0.763. The summed E-state index contributed by atoms with van der Waals surface area (Å²) in [5, 5.41) is 2.97. The topological polar surface area (TPSA) is 50.8 Å². The molecule has 0 saturated carbocycles. The minimum atomic E-state index is -0.271. The van der Waals surface area contributed by atoms with Crippen molar-refractivity contribution in [2.75, 3.05) is 39.5 Å². The zero-order valence-corrected chi connectivity index (χ0v) is 16.3. The molecule has 29 heavy (non-hydrogen) atoms. The molecule has 0 bridgehead atoms. The molecule has 1 unspecified atom stereocenters. The molecule has 1 atom stereocenters. The van der Waals surface area contributed by atoms with Crippen molar-refractivity contribution in [1.82, 2.24) is 10.2 Å². The van der Waals surface area contributed by atoms with Crippen LogP contribution in [0.3, 0.4) is 0 Å². The van der Waals surface area contributed by atoms with E-state index in [-0.39, 0.29) is 17.8 Å². The number of rotatable bonds is 6. The van der Waals surface area contributed by atoms with Gasteiger partial charge in [-0.15, -0.1) is 0 Å². The van der Waals surface area contributed by atoms with Crippen molar-refractivity contribution < 1.29 is 18.7 Å². The molecule has 0 aliphatic carbocycles. The largest absolute Gasteiger partial charge is 0.493 e. The summed E-state index contributed by atoms with van der Waals surface area (Å²) in [6.07, 6.45) is 4.25. The van der Waals surface area contributed by atoms with E-state index in [9.17, 15) is 9.18 Å². The molecule has 1 N–H and O–H groups in total. The van der Waals surface area contributed by atoms with Crippen LogP contribution in [0.2, 0.25) is 0 Å². The van der Waals surface area contributed by atoms with E-state index in [1.165, 1.54) is 17.7 Å². The van der Waals surface area contributed by atoms with Crippen molar-refractivity contribution in [2.24, 2.45) is 0 Å². The minimum Gasteiger partial charge on any atom is -0.493 e. The van der Waals surface area contributed by atoms with E-state index in [2.05, 4.69) is 16.3 Å². The molecule has 5 nitrogen and oxygen atoms in total. The van der Waals surface area contributed by atoms with E-state index in [0.29, 0.717) is 26.4 Å². The van der Waals surface area contributed by atoms with Crippen molar-refractivity contribution in [2.45, 2.75) is 12.5 Å². The van der Waals surface area contributed by atoms with Crippen molar-refractivity contribution >= 4 is 12.0 Å². The fraction of sp³-hybridized carbons (Fsp3) is 0.348. The average Bonchev–Trinajstić information content (AvgIpc) is 3.21. The van der Waals surface area contributed by atoms with Crippen LogP contribution in [0.5, 0.6) is 5.75 Å². The lowest BCUT2D eigenvalue weighted by Crippen LogP contribution is -2.43. The molecule has 0 radical (unpaired) electrons. The highest BCUT2D eigenvalue weighted by molar-refractivity contribution is 5.91. The van der Waals surface area contributed by atoms with E-state index in [0.717, 1.165) is 36.4 Å². The van der Waals surface area contributed by atoms with Crippen LogP contribution in [0.15, 0.2) is 48.5 Å². The summed E-state index contributed by atoms with van der Waals surface area (Å²) < 4.78 is 24.7. The molecular formula is C23H25FN2O3. The van der Waals surface area contributed by atoms with Gasteiger partial charge in [0, 0.05) is 32.1 Å². The second kappa shape index (κ2) is 9.20. The van der Waals surface area contributed by atoms with Crippen LogP contribution in [0.25, 0.3) is 6.08 Å².